The lowest BCUT2D eigenvalue weighted by Gasteiger charge is -2.30. The molecule has 12 heteroatoms. The van der Waals surface area contributed by atoms with E-state index in [0.717, 1.165) is 105 Å². The van der Waals surface area contributed by atoms with Gasteiger partial charge in [-0.1, -0.05) is 109 Å². The summed E-state index contributed by atoms with van der Waals surface area (Å²) >= 11 is 3.27. The number of aliphatic hydroxyl groups is 1. The molecule has 6 aromatic rings. The molecule has 4 heterocycles. The van der Waals surface area contributed by atoms with E-state index in [1.54, 1.807) is 22.7 Å². The number of amides is 3. The van der Waals surface area contributed by atoms with E-state index in [2.05, 4.69) is 59.2 Å². The average Bonchev–Trinajstić information content (AvgIpc) is 4.07. The molecule has 2 aliphatic carbocycles. The molecule has 0 radical (unpaired) electrons. The predicted octanol–water partition coefficient (Wildman–Crippen LogP) is 9.25. The summed E-state index contributed by atoms with van der Waals surface area (Å²) in [6.45, 7) is 1.30. The highest BCUT2D eigenvalue weighted by atomic mass is 32.1. The van der Waals surface area contributed by atoms with Gasteiger partial charge >= 0.3 is 0 Å². The lowest BCUT2D eigenvalue weighted by molar-refractivity contribution is -0.137. The van der Waals surface area contributed by atoms with Crippen molar-refractivity contribution in [1.29, 1.82) is 0 Å². The summed E-state index contributed by atoms with van der Waals surface area (Å²) in [6.07, 6.45) is 10.4. The van der Waals surface area contributed by atoms with Crippen molar-refractivity contribution in [3.8, 4) is 32.0 Å². The quantitative estimate of drug-likeness (QED) is 0.0933. The van der Waals surface area contributed by atoms with Crippen LogP contribution in [0.4, 0.5) is 0 Å². The van der Waals surface area contributed by atoms with Crippen molar-refractivity contribution < 1.29 is 19.5 Å². The summed E-state index contributed by atoms with van der Waals surface area (Å²) in [5.74, 6) is 0.0877. The number of aliphatic hydroxyl groups excluding tert-OH is 1. The molecule has 2 saturated carbocycles. The molecule has 10 rings (SSSR count). The van der Waals surface area contributed by atoms with Gasteiger partial charge < -0.3 is 20.2 Å². The highest BCUT2D eigenvalue weighted by Gasteiger charge is 2.41. The lowest BCUT2D eigenvalue weighted by Crippen LogP contribution is -2.44. The van der Waals surface area contributed by atoms with E-state index in [1.165, 1.54) is 0 Å². The Bertz CT molecular complexity index is 2520. The molecule has 4 aliphatic rings. The summed E-state index contributed by atoms with van der Waals surface area (Å²) in [5, 5.41) is 19.0. The topological polar surface area (TPSA) is 128 Å². The Balaban J connectivity index is 0.796. The molecule has 316 valence electrons. The third-order valence-electron chi connectivity index (χ3n) is 12.8. The first-order chi connectivity index (χ1) is 30.4. The van der Waals surface area contributed by atoms with Crippen molar-refractivity contribution in [1.82, 2.24) is 30.4 Å². The zero-order chi connectivity index (χ0) is 42.2. The highest BCUT2D eigenvalue weighted by Crippen LogP contribution is 2.42. The second-order valence-electron chi connectivity index (χ2n) is 17.1. The summed E-state index contributed by atoms with van der Waals surface area (Å²) in [5.41, 5.74) is 6.04. The number of nitrogens with one attached hydrogen (secondary N) is 2. The number of thiazole rings is 2. The summed E-state index contributed by atoms with van der Waals surface area (Å²) in [7, 11) is 0. The third kappa shape index (κ3) is 8.61. The standard InChI is InChI=1S/C50H50N6O4S2/c57-45(37-23-24-37)53-43(35-9-3-1-4-10-35)49(59)55-27-7-13-39(55)47-51-29-41(61-47)33-19-15-31(16-20-33)32-17-21-34(22-18-32)42-30-52-48(62-42)40-14-8-28-56(40)50(60)44(36-11-5-2-6-12-36)54-46(58)38-25-26-38/h1-6,9-12,15-22,29-30,37-40,43-45,53,57H,7-8,13-14,23-28H2,(H,54,58). The van der Waals surface area contributed by atoms with Crippen LogP contribution in [-0.2, 0) is 14.4 Å². The van der Waals surface area contributed by atoms with E-state index in [1.807, 2.05) is 82.9 Å². The minimum Gasteiger partial charge on any atom is -0.378 e. The zero-order valence-electron chi connectivity index (χ0n) is 34.4. The largest absolute Gasteiger partial charge is 0.378 e. The first-order valence-corrected chi connectivity index (χ1v) is 23.6. The van der Waals surface area contributed by atoms with E-state index in [0.29, 0.717) is 13.1 Å². The van der Waals surface area contributed by atoms with Gasteiger partial charge in [-0.05, 0) is 90.7 Å². The highest BCUT2D eigenvalue weighted by molar-refractivity contribution is 7.15. The molecule has 5 atom stereocenters. The van der Waals surface area contributed by atoms with Crippen molar-refractivity contribution in [3.05, 3.63) is 143 Å². The minimum atomic E-state index is -0.708. The molecule has 2 aliphatic heterocycles. The Morgan fingerprint density at radius 2 is 1.03 bits per heavy atom. The maximum absolute atomic E-state index is 14.2. The van der Waals surface area contributed by atoms with Gasteiger partial charge in [0.25, 0.3) is 0 Å². The van der Waals surface area contributed by atoms with Crippen LogP contribution in [0.15, 0.2) is 122 Å². The maximum Gasteiger partial charge on any atom is 0.250 e. The van der Waals surface area contributed by atoms with Crippen LogP contribution in [0.25, 0.3) is 32.0 Å². The number of hydrogen-bond acceptors (Lipinski definition) is 9. The molecule has 10 nitrogen and oxygen atoms in total. The van der Waals surface area contributed by atoms with Crippen LogP contribution < -0.4 is 10.6 Å². The molecule has 0 spiro atoms. The molecular weight excluding hydrogens is 813 g/mol. The number of hydrogen-bond donors (Lipinski definition) is 3. The Morgan fingerprint density at radius 3 is 1.50 bits per heavy atom. The van der Waals surface area contributed by atoms with E-state index < -0.39 is 18.3 Å². The number of benzene rings is 4. The van der Waals surface area contributed by atoms with Crippen molar-refractivity contribution in [2.75, 3.05) is 13.1 Å². The molecule has 0 bridgehead atoms. The van der Waals surface area contributed by atoms with E-state index in [4.69, 9.17) is 9.97 Å². The van der Waals surface area contributed by atoms with Gasteiger partial charge in [-0.25, -0.2) is 9.97 Å². The SMILES string of the molecule is O=C(NC(C(=O)N1CCCC1c1ncc(-c2ccc(-c3ccc(-c4cnc(C5CCCN5C(=O)C(NC(O)C5CC5)c5ccccc5)s4)cc3)cc2)s1)c1ccccc1)C1CC1. The first-order valence-electron chi connectivity index (χ1n) is 22.0. The van der Waals surface area contributed by atoms with E-state index in [9.17, 15) is 19.5 Å². The maximum atomic E-state index is 14.2. The Kier molecular flexibility index (Phi) is 11.6. The third-order valence-corrected chi connectivity index (χ3v) is 15.1. The number of likely N-dealkylation sites (tertiary alicyclic amines) is 2. The summed E-state index contributed by atoms with van der Waals surface area (Å²) in [6, 6.07) is 34.8. The fraction of sp³-hybridized carbons (Fsp3) is 0.340. The molecule has 4 aromatic carbocycles. The van der Waals surface area contributed by atoms with E-state index >= 15 is 0 Å². The smallest absolute Gasteiger partial charge is 0.250 e. The van der Waals surface area contributed by atoms with Crippen LogP contribution >= 0.6 is 22.7 Å². The van der Waals surface area contributed by atoms with Crippen LogP contribution in [0.2, 0.25) is 0 Å². The van der Waals surface area contributed by atoms with Crippen molar-refractivity contribution in [2.24, 2.45) is 11.8 Å². The molecule has 3 N–H and O–H groups in total. The fourth-order valence-electron chi connectivity index (χ4n) is 8.92. The number of rotatable bonds is 14. The summed E-state index contributed by atoms with van der Waals surface area (Å²) in [4.78, 5) is 56.8. The molecule has 2 aromatic heterocycles. The number of nitrogens with zero attached hydrogens (tertiary/aromatic N) is 4. The molecular formula is C50H50N6O4S2. The Morgan fingerprint density at radius 1 is 0.581 bits per heavy atom. The molecule has 2 saturated heterocycles. The number of carbonyl (C=O) groups is 3. The Hall–Kier alpha value is -5.53. The van der Waals surface area contributed by atoms with Crippen LogP contribution in [0.5, 0.6) is 0 Å². The van der Waals surface area contributed by atoms with Crippen molar-refractivity contribution in [3.63, 3.8) is 0 Å². The van der Waals surface area contributed by atoms with Crippen LogP contribution in [0.1, 0.15) is 96.7 Å². The minimum absolute atomic E-state index is 0.0126. The van der Waals surface area contributed by atoms with Gasteiger partial charge in [-0.15, -0.1) is 22.7 Å². The average molecular weight is 863 g/mol. The van der Waals surface area contributed by atoms with Gasteiger partial charge in [-0.2, -0.15) is 0 Å². The van der Waals surface area contributed by atoms with Gasteiger partial charge in [-0.3, -0.25) is 19.7 Å². The molecule has 5 unspecified atom stereocenters. The molecule has 62 heavy (non-hydrogen) atoms. The normalized spacial score (nSPS) is 20.2. The van der Waals surface area contributed by atoms with E-state index in [-0.39, 0.29) is 41.6 Å². The van der Waals surface area contributed by atoms with Crippen molar-refractivity contribution >= 4 is 40.4 Å². The van der Waals surface area contributed by atoms with Crippen molar-refractivity contribution in [2.45, 2.75) is 81.8 Å². The van der Waals surface area contributed by atoms with Gasteiger partial charge in [0.15, 0.2) is 0 Å². The van der Waals surface area contributed by atoms with Crippen LogP contribution in [0, 0.1) is 11.8 Å². The summed E-state index contributed by atoms with van der Waals surface area (Å²) < 4.78 is 0. The Labute approximate surface area is 370 Å². The lowest BCUT2D eigenvalue weighted by atomic mass is 10.0. The first kappa shape index (κ1) is 40.5. The predicted molar refractivity (Wildman–Crippen MR) is 243 cm³/mol. The van der Waals surface area contributed by atoms with Crippen LogP contribution in [0.3, 0.4) is 0 Å². The molecule has 4 fully saturated rings. The monoisotopic (exact) mass is 862 g/mol. The van der Waals surface area contributed by atoms with Gasteiger partial charge in [0.2, 0.25) is 17.7 Å². The van der Waals surface area contributed by atoms with Crippen LogP contribution in [-0.4, -0.2) is 61.9 Å². The fourth-order valence-corrected chi connectivity index (χ4v) is 11.1. The van der Waals surface area contributed by atoms with Gasteiger partial charge in [0.1, 0.15) is 28.3 Å². The zero-order valence-corrected chi connectivity index (χ0v) is 36.1. The molecule has 3 amide bonds. The second-order valence-corrected chi connectivity index (χ2v) is 19.2. The van der Waals surface area contributed by atoms with Gasteiger partial charge in [0, 0.05) is 31.4 Å². The second kappa shape index (κ2) is 17.7. The number of aromatic nitrogens is 2. The van der Waals surface area contributed by atoms with Gasteiger partial charge in [0.05, 0.1) is 21.8 Å². The number of carbonyl (C=O) groups excluding carboxylic acids is 3.